The molecular weight excluding hydrogens is 458 g/mol. The largest absolute Gasteiger partial charge is 0.491 e. The topological polar surface area (TPSA) is 127 Å². The molecule has 4 rings (SSSR count). The highest BCUT2D eigenvalue weighted by Crippen LogP contribution is 2.29. The second kappa shape index (κ2) is 12.1. The van der Waals surface area contributed by atoms with Gasteiger partial charge in [0.1, 0.15) is 30.0 Å². The Kier molecular flexibility index (Phi) is 8.46. The van der Waals surface area contributed by atoms with Crippen LogP contribution in [0.3, 0.4) is 0 Å². The maximum Gasteiger partial charge on any atom is 0.248 e. The minimum atomic E-state index is -0.704. The summed E-state index contributed by atoms with van der Waals surface area (Å²) in [6.07, 6.45) is 1.49. The van der Waals surface area contributed by atoms with Gasteiger partial charge in [0.05, 0.1) is 12.1 Å². The Morgan fingerprint density at radius 3 is 2.50 bits per heavy atom. The average Bonchev–Trinajstić information content (AvgIpc) is 2.91. The molecule has 0 unspecified atom stereocenters. The lowest BCUT2D eigenvalue weighted by molar-refractivity contribution is 0.0995. The second-order valence-electron chi connectivity index (χ2n) is 8.42. The van der Waals surface area contributed by atoms with Crippen LogP contribution in [-0.2, 0) is 6.42 Å². The van der Waals surface area contributed by atoms with Gasteiger partial charge in [-0.1, -0.05) is 30.3 Å². The molecule has 0 fully saturated rings. The minimum absolute atomic E-state index is 0.0686. The molecule has 0 bridgehead atoms. The number of rotatable bonds is 12. The number of carbonyl (C=O) groups excluding carboxylic acids is 1. The summed E-state index contributed by atoms with van der Waals surface area (Å²) >= 11 is 0. The van der Waals surface area contributed by atoms with Gasteiger partial charge in [-0.15, -0.1) is 0 Å². The van der Waals surface area contributed by atoms with E-state index in [9.17, 15) is 15.0 Å². The van der Waals surface area contributed by atoms with Gasteiger partial charge in [-0.3, -0.25) is 9.78 Å². The first-order chi connectivity index (χ1) is 17.5. The number of nitrogens with two attached hydrogens (primary N) is 1. The first-order valence-corrected chi connectivity index (χ1v) is 11.7. The zero-order valence-corrected chi connectivity index (χ0v) is 19.7. The summed E-state index contributed by atoms with van der Waals surface area (Å²) in [6.45, 7) is 0.390. The summed E-state index contributed by atoms with van der Waals surface area (Å²) in [5.74, 6) is 1.46. The molecule has 3 aromatic carbocycles. The van der Waals surface area contributed by atoms with Crippen LogP contribution in [0.1, 0.15) is 15.9 Å². The molecule has 0 aliphatic carbocycles. The zero-order chi connectivity index (χ0) is 25.3. The lowest BCUT2D eigenvalue weighted by atomic mass is 10.1. The normalized spacial score (nSPS) is 12.7. The Morgan fingerprint density at radius 1 is 1.00 bits per heavy atom. The molecule has 0 aliphatic rings. The van der Waals surface area contributed by atoms with Crippen LogP contribution in [0.5, 0.6) is 17.2 Å². The summed E-state index contributed by atoms with van der Waals surface area (Å²) in [6, 6.07) is 23.5. The first-order valence-electron chi connectivity index (χ1n) is 11.7. The quantitative estimate of drug-likeness (QED) is 0.242. The van der Waals surface area contributed by atoms with Crippen LogP contribution < -0.4 is 20.5 Å². The molecule has 0 saturated carbocycles. The Bertz CT molecular complexity index is 1280. The van der Waals surface area contributed by atoms with Crippen LogP contribution in [0.4, 0.5) is 0 Å². The summed E-state index contributed by atoms with van der Waals surface area (Å²) in [5, 5.41) is 23.9. The minimum Gasteiger partial charge on any atom is -0.491 e. The van der Waals surface area contributed by atoms with Gasteiger partial charge < -0.3 is 30.7 Å². The summed E-state index contributed by atoms with van der Waals surface area (Å²) in [7, 11) is 0. The molecule has 1 heterocycles. The average molecular weight is 488 g/mol. The van der Waals surface area contributed by atoms with Crippen LogP contribution >= 0.6 is 0 Å². The maximum absolute atomic E-state index is 11.4. The molecule has 1 aromatic heterocycles. The third-order valence-electron chi connectivity index (χ3n) is 5.67. The van der Waals surface area contributed by atoms with E-state index in [1.54, 1.807) is 30.5 Å². The number of aliphatic hydroxyl groups excluding tert-OH is 2. The molecule has 1 amide bonds. The van der Waals surface area contributed by atoms with Crippen LogP contribution in [0.15, 0.2) is 85.1 Å². The van der Waals surface area contributed by atoms with Crippen molar-refractivity contribution in [3.8, 4) is 17.2 Å². The van der Waals surface area contributed by atoms with E-state index in [-0.39, 0.29) is 19.3 Å². The fourth-order valence-corrected chi connectivity index (χ4v) is 3.74. The van der Waals surface area contributed by atoms with Crippen molar-refractivity contribution in [1.82, 2.24) is 10.3 Å². The molecule has 36 heavy (non-hydrogen) atoms. The molecule has 5 N–H and O–H groups in total. The van der Waals surface area contributed by atoms with Gasteiger partial charge in [-0.05, 0) is 60.5 Å². The number of hydrogen-bond acceptors (Lipinski definition) is 7. The van der Waals surface area contributed by atoms with Gasteiger partial charge in [0.15, 0.2) is 0 Å². The summed E-state index contributed by atoms with van der Waals surface area (Å²) < 4.78 is 11.6. The predicted molar refractivity (Wildman–Crippen MR) is 137 cm³/mol. The molecule has 0 aliphatic heterocycles. The van der Waals surface area contributed by atoms with Crippen molar-refractivity contribution in [2.75, 3.05) is 19.8 Å². The van der Waals surface area contributed by atoms with Crippen molar-refractivity contribution in [2.24, 2.45) is 5.73 Å². The Morgan fingerprint density at radius 2 is 1.78 bits per heavy atom. The molecule has 0 radical (unpaired) electrons. The highest BCUT2D eigenvalue weighted by molar-refractivity contribution is 5.97. The number of ether oxygens (including phenoxy) is 2. The number of hydrogen-bond donors (Lipinski definition) is 4. The zero-order valence-electron chi connectivity index (χ0n) is 19.7. The highest BCUT2D eigenvalue weighted by Gasteiger charge is 2.13. The van der Waals surface area contributed by atoms with E-state index in [4.69, 9.17) is 15.2 Å². The van der Waals surface area contributed by atoms with Crippen molar-refractivity contribution >= 4 is 16.8 Å². The molecule has 0 spiro atoms. The summed E-state index contributed by atoms with van der Waals surface area (Å²) in [4.78, 5) is 15.7. The Hall–Kier alpha value is -3.98. The number of nitrogens with one attached hydrogen (secondary N) is 1. The molecule has 186 valence electrons. The summed E-state index contributed by atoms with van der Waals surface area (Å²) in [5.41, 5.74) is 7.37. The highest BCUT2D eigenvalue weighted by atomic mass is 16.5. The third-order valence-corrected chi connectivity index (χ3v) is 5.67. The third kappa shape index (κ3) is 6.79. The van der Waals surface area contributed by atoms with Gasteiger partial charge >= 0.3 is 0 Å². The molecule has 2 atom stereocenters. The SMILES string of the molecule is NC(=O)c1ccc2c(Oc3ccc(C[C@@H](CO)NC[C@H](O)COc4ccccc4)cc3)ccnc2c1. The van der Waals surface area contributed by atoms with Crippen LogP contribution in [-0.4, -0.2) is 53.0 Å². The van der Waals surface area contributed by atoms with Crippen LogP contribution in [0.2, 0.25) is 0 Å². The molecular formula is C28H29N3O5. The van der Waals surface area contributed by atoms with E-state index < -0.39 is 12.0 Å². The second-order valence-corrected chi connectivity index (χ2v) is 8.42. The van der Waals surface area contributed by atoms with E-state index in [0.717, 1.165) is 10.9 Å². The van der Waals surface area contributed by atoms with E-state index in [1.165, 1.54) is 0 Å². The Labute approximate surface area is 209 Å². The number of nitrogens with zero attached hydrogens (tertiary/aromatic N) is 1. The number of primary amides is 1. The van der Waals surface area contributed by atoms with Crippen molar-refractivity contribution in [3.63, 3.8) is 0 Å². The number of aliphatic hydroxyl groups is 2. The number of pyridine rings is 1. The van der Waals surface area contributed by atoms with Crippen LogP contribution in [0.25, 0.3) is 10.9 Å². The van der Waals surface area contributed by atoms with E-state index >= 15 is 0 Å². The standard InChI is InChI=1S/C28H29N3O5/c29-28(34)20-8-11-25-26(15-20)30-13-12-27(25)36-24-9-6-19(7-10-24)14-21(17-32)31-16-22(33)18-35-23-4-2-1-3-5-23/h1-13,15,21-22,31-33H,14,16-18H2,(H2,29,34)/t21-,22-/m0/s1. The number of amides is 1. The van der Waals surface area contributed by atoms with Gasteiger partial charge in [-0.2, -0.15) is 0 Å². The predicted octanol–water partition coefficient (Wildman–Crippen LogP) is 3.06. The lowest BCUT2D eigenvalue weighted by Gasteiger charge is -2.19. The molecule has 8 nitrogen and oxygen atoms in total. The molecule has 8 heteroatoms. The van der Waals surface area contributed by atoms with E-state index in [0.29, 0.717) is 41.3 Å². The Balaban J connectivity index is 1.31. The fourth-order valence-electron chi connectivity index (χ4n) is 3.74. The molecule has 0 saturated heterocycles. The van der Waals surface area contributed by atoms with Crippen LogP contribution in [0, 0.1) is 0 Å². The van der Waals surface area contributed by atoms with Gasteiger partial charge in [0, 0.05) is 29.7 Å². The van der Waals surface area contributed by atoms with Gasteiger partial charge in [0.25, 0.3) is 0 Å². The number of benzene rings is 3. The van der Waals surface area contributed by atoms with Gasteiger partial charge in [-0.25, -0.2) is 0 Å². The first kappa shape index (κ1) is 25.1. The lowest BCUT2D eigenvalue weighted by Crippen LogP contribution is -2.41. The van der Waals surface area contributed by atoms with Crippen molar-refractivity contribution in [3.05, 3.63) is 96.2 Å². The van der Waals surface area contributed by atoms with E-state index in [1.807, 2.05) is 54.6 Å². The number of aromatic nitrogens is 1. The van der Waals surface area contributed by atoms with Gasteiger partial charge in [0.2, 0.25) is 5.91 Å². The van der Waals surface area contributed by atoms with Crippen molar-refractivity contribution < 1.29 is 24.5 Å². The number of para-hydroxylation sites is 1. The maximum atomic E-state index is 11.4. The molecule has 4 aromatic rings. The monoisotopic (exact) mass is 487 g/mol. The van der Waals surface area contributed by atoms with E-state index in [2.05, 4.69) is 10.3 Å². The fraction of sp³-hybridized carbons (Fsp3) is 0.214. The van der Waals surface area contributed by atoms with Crippen molar-refractivity contribution in [2.45, 2.75) is 18.6 Å². The smallest absolute Gasteiger partial charge is 0.248 e. The number of carbonyl (C=O) groups is 1. The number of fused-ring (bicyclic) bond motifs is 1. The van der Waals surface area contributed by atoms with Crippen molar-refractivity contribution in [1.29, 1.82) is 0 Å².